The highest BCUT2D eigenvalue weighted by atomic mass is 16.5. The third-order valence-electron chi connectivity index (χ3n) is 4.85. The molecule has 0 aliphatic carbocycles. The van der Waals surface area contributed by atoms with Gasteiger partial charge in [-0.2, -0.15) is 0 Å². The van der Waals surface area contributed by atoms with Crippen molar-refractivity contribution in [3.63, 3.8) is 0 Å². The van der Waals surface area contributed by atoms with Gasteiger partial charge in [0, 0.05) is 11.5 Å². The van der Waals surface area contributed by atoms with E-state index in [0.29, 0.717) is 16.9 Å². The van der Waals surface area contributed by atoms with Gasteiger partial charge in [0.1, 0.15) is 17.1 Å². The van der Waals surface area contributed by atoms with Crippen LogP contribution < -0.4 is 9.47 Å². The summed E-state index contributed by atoms with van der Waals surface area (Å²) >= 11 is 0. The number of hydrogen-bond donors (Lipinski definition) is 0. The van der Waals surface area contributed by atoms with Gasteiger partial charge in [-0.05, 0) is 42.8 Å². The lowest BCUT2D eigenvalue weighted by atomic mass is 10.1. The van der Waals surface area contributed by atoms with Crippen LogP contribution >= 0.6 is 0 Å². The molecule has 5 nitrogen and oxygen atoms in total. The van der Waals surface area contributed by atoms with Gasteiger partial charge in [-0.1, -0.05) is 48.0 Å². The Morgan fingerprint density at radius 3 is 2.57 bits per heavy atom. The largest absolute Gasteiger partial charge is 0.452 e. The molecule has 0 radical (unpaired) electrons. The molecule has 146 valence electrons. The predicted molar refractivity (Wildman–Crippen MR) is 112 cm³/mol. The molecule has 0 fully saturated rings. The van der Waals surface area contributed by atoms with E-state index in [4.69, 9.17) is 13.9 Å². The summed E-state index contributed by atoms with van der Waals surface area (Å²) in [5.74, 6) is 0.131. The van der Waals surface area contributed by atoms with Crippen molar-refractivity contribution in [2.24, 2.45) is 0 Å². The summed E-state index contributed by atoms with van der Waals surface area (Å²) in [5.41, 5.74) is 3.04. The molecule has 2 heterocycles. The van der Waals surface area contributed by atoms with Gasteiger partial charge in [0.25, 0.3) is 0 Å². The predicted octanol–water partition coefficient (Wildman–Crippen LogP) is 5.58. The van der Waals surface area contributed by atoms with Crippen LogP contribution in [0.3, 0.4) is 0 Å². The molecule has 4 aromatic rings. The van der Waals surface area contributed by atoms with E-state index in [2.05, 4.69) is 0 Å². The first-order chi connectivity index (χ1) is 14.6. The topological polar surface area (TPSA) is 65.7 Å². The smallest absolute Gasteiger partial charge is 0.379 e. The average molecular weight is 396 g/mol. The summed E-state index contributed by atoms with van der Waals surface area (Å²) in [7, 11) is 0. The number of hydrogen-bond acceptors (Lipinski definition) is 5. The molecule has 0 spiro atoms. The highest BCUT2D eigenvalue weighted by Crippen LogP contribution is 2.35. The summed E-state index contributed by atoms with van der Waals surface area (Å²) in [5, 5.41) is 0.818. The van der Waals surface area contributed by atoms with Crippen molar-refractivity contribution in [2.75, 3.05) is 0 Å². The summed E-state index contributed by atoms with van der Waals surface area (Å²) in [6.07, 6.45) is 1.70. The van der Waals surface area contributed by atoms with Crippen LogP contribution in [0, 0.1) is 6.92 Å². The van der Waals surface area contributed by atoms with Crippen molar-refractivity contribution < 1.29 is 23.5 Å². The molecule has 30 heavy (non-hydrogen) atoms. The minimum atomic E-state index is -0.620. The van der Waals surface area contributed by atoms with Crippen LogP contribution in [0.2, 0.25) is 0 Å². The number of allylic oxidation sites excluding steroid dienone is 1. The van der Waals surface area contributed by atoms with E-state index < -0.39 is 5.97 Å². The zero-order chi connectivity index (χ0) is 20.7. The lowest BCUT2D eigenvalue weighted by Crippen LogP contribution is -2.07. The van der Waals surface area contributed by atoms with Gasteiger partial charge in [0.15, 0.2) is 5.76 Å². The van der Waals surface area contributed by atoms with Gasteiger partial charge in [0.2, 0.25) is 11.5 Å². The Labute approximate surface area is 172 Å². The van der Waals surface area contributed by atoms with Crippen LogP contribution in [-0.4, -0.2) is 11.8 Å². The van der Waals surface area contributed by atoms with E-state index in [-0.39, 0.29) is 23.1 Å². The molecule has 0 N–H and O–H groups in total. The minimum Gasteiger partial charge on any atom is -0.452 e. The van der Waals surface area contributed by atoms with Crippen LogP contribution in [0.15, 0.2) is 83.0 Å². The third kappa shape index (κ3) is 3.26. The number of ketones is 1. The number of carbonyl (C=O) groups is 2. The monoisotopic (exact) mass is 396 g/mol. The molecule has 0 saturated carbocycles. The summed E-state index contributed by atoms with van der Waals surface area (Å²) in [6, 6.07) is 21.4. The second kappa shape index (κ2) is 7.04. The van der Waals surface area contributed by atoms with Crippen molar-refractivity contribution in [3.05, 3.63) is 101 Å². The van der Waals surface area contributed by atoms with Crippen LogP contribution in [0.5, 0.6) is 11.5 Å². The first-order valence-electron chi connectivity index (χ1n) is 9.42. The van der Waals surface area contributed by atoms with E-state index in [9.17, 15) is 9.59 Å². The lowest BCUT2D eigenvalue weighted by Gasteiger charge is -2.04. The van der Waals surface area contributed by atoms with Crippen molar-refractivity contribution in [2.45, 2.75) is 6.92 Å². The Morgan fingerprint density at radius 2 is 1.77 bits per heavy atom. The van der Waals surface area contributed by atoms with Crippen LogP contribution in [0.4, 0.5) is 0 Å². The second-order valence-electron chi connectivity index (χ2n) is 7.05. The van der Waals surface area contributed by atoms with Crippen LogP contribution in [0.25, 0.3) is 17.0 Å². The number of aryl methyl sites for hydroxylation is 1. The number of Topliss-reactive ketones (excluding diaryl/α,β-unsaturated/α-hetero) is 1. The number of ether oxygens (including phenoxy) is 2. The molecular weight excluding hydrogens is 380 g/mol. The first-order valence-corrected chi connectivity index (χ1v) is 9.42. The Balaban J connectivity index is 1.37. The summed E-state index contributed by atoms with van der Waals surface area (Å²) in [4.78, 5) is 25.1. The van der Waals surface area contributed by atoms with Gasteiger partial charge in [-0.15, -0.1) is 0 Å². The number of carbonyl (C=O) groups excluding carboxylic acids is 2. The number of rotatable bonds is 3. The number of para-hydroxylation sites is 1. The summed E-state index contributed by atoms with van der Waals surface area (Å²) in [6.45, 7) is 2.00. The molecule has 0 bridgehead atoms. The standard InChI is InChI=1S/C25H16O5/c1-15-6-8-16(9-7-15)12-22-24(26)19-11-10-18(14-21(19)30-22)28-25(27)23-13-17-4-2-3-5-20(17)29-23/h2-14H,1H3/b22-12-. The molecular formula is C25H16O5. The molecule has 1 aliphatic heterocycles. The third-order valence-corrected chi connectivity index (χ3v) is 4.85. The van der Waals surface area contributed by atoms with E-state index in [1.807, 2.05) is 49.4 Å². The van der Waals surface area contributed by atoms with Gasteiger partial charge in [0.05, 0.1) is 5.56 Å². The Kier molecular flexibility index (Phi) is 4.21. The van der Waals surface area contributed by atoms with Gasteiger partial charge in [-0.3, -0.25) is 4.79 Å². The summed E-state index contributed by atoms with van der Waals surface area (Å²) < 4.78 is 16.7. The second-order valence-corrected chi connectivity index (χ2v) is 7.05. The molecule has 3 aromatic carbocycles. The van der Waals surface area contributed by atoms with Crippen LogP contribution in [0.1, 0.15) is 32.0 Å². The fourth-order valence-electron chi connectivity index (χ4n) is 3.28. The molecule has 1 aromatic heterocycles. The van der Waals surface area contributed by atoms with Crippen molar-refractivity contribution >= 4 is 28.8 Å². The fourth-order valence-corrected chi connectivity index (χ4v) is 3.28. The molecule has 0 unspecified atom stereocenters. The highest BCUT2D eigenvalue weighted by molar-refractivity contribution is 6.14. The van der Waals surface area contributed by atoms with Crippen LogP contribution in [-0.2, 0) is 0 Å². The Hall–Kier alpha value is -4.12. The van der Waals surface area contributed by atoms with Crippen molar-refractivity contribution in [3.8, 4) is 11.5 Å². The quantitative estimate of drug-likeness (QED) is 0.257. The number of benzene rings is 3. The average Bonchev–Trinajstić information content (AvgIpc) is 3.31. The van der Waals surface area contributed by atoms with E-state index in [1.165, 1.54) is 6.07 Å². The van der Waals surface area contributed by atoms with Crippen molar-refractivity contribution in [1.29, 1.82) is 0 Å². The van der Waals surface area contributed by atoms with Gasteiger partial charge < -0.3 is 13.9 Å². The maximum atomic E-state index is 12.6. The lowest BCUT2D eigenvalue weighted by molar-refractivity contribution is 0.0703. The van der Waals surface area contributed by atoms with E-state index in [0.717, 1.165) is 16.5 Å². The Bertz CT molecular complexity index is 1290. The minimum absolute atomic E-state index is 0.105. The number of esters is 1. The first kappa shape index (κ1) is 17.9. The Morgan fingerprint density at radius 1 is 0.967 bits per heavy atom. The number of fused-ring (bicyclic) bond motifs is 2. The van der Waals surface area contributed by atoms with Gasteiger partial charge in [-0.25, -0.2) is 4.79 Å². The highest BCUT2D eigenvalue weighted by Gasteiger charge is 2.28. The normalized spacial score (nSPS) is 14.0. The number of furan rings is 1. The van der Waals surface area contributed by atoms with Crippen molar-refractivity contribution in [1.82, 2.24) is 0 Å². The maximum Gasteiger partial charge on any atom is 0.379 e. The molecule has 5 rings (SSSR count). The van der Waals surface area contributed by atoms with E-state index >= 15 is 0 Å². The molecule has 5 heteroatoms. The van der Waals surface area contributed by atoms with E-state index in [1.54, 1.807) is 30.3 Å². The maximum absolute atomic E-state index is 12.6. The van der Waals surface area contributed by atoms with Gasteiger partial charge >= 0.3 is 5.97 Å². The SMILES string of the molecule is Cc1ccc(/C=C2\Oc3cc(OC(=O)c4cc5ccccc5o4)ccc3C2=O)cc1. The zero-order valence-corrected chi connectivity index (χ0v) is 16.0. The molecule has 0 amide bonds. The molecule has 1 aliphatic rings. The fraction of sp³-hybridized carbons (Fsp3) is 0.0400. The zero-order valence-electron chi connectivity index (χ0n) is 16.0. The molecule has 0 atom stereocenters. The molecule has 0 saturated heterocycles.